The van der Waals surface area contributed by atoms with Crippen molar-refractivity contribution in [3.8, 4) is 0 Å². The quantitative estimate of drug-likeness (QED) is 0.672. The van der Waals surface area contributed by atoms with Gasteiger partial charge in [0.05, 0.1) is 11.4 Å². The average molecular weight is 300 g/mol. The molecule has 1 aromatic carbocycles. The Bertz CT molecular complexity index is 625. The molecule has 0 heterocycles. The standard InChI is InChI=1S/C12H16N2O5S/c1-8-3-4-10(9(2)5-8)20(18,19)14-6-11(15)13-7-12(16)17/h3-5,14H,6-7H2,1-2H3,(H,13,15)(H,16,17). The molecule has 0 saturated heterocycles. The number of carbonyl (C=O) groups excluding carboxylic acids is 1. The largest absolute Gasteiger partial charge is 0.480 e. The summed E-state index contributed by atoms with van der Waals surface area (Å²) in [4.78, 5) is 21.6. The first-order chi connectivity index (χ1) is 9.22. The predicted molar refractivity (Wildman–Crippen MR) is 71.8 cm³/mol. The van der Waals surface area contributed by atoms with E-state index in [-0.39, 0.29) is 4.90 Å². The van der Waals surface area contributed by atoms with Crippen LogP contribution in [0.5, 0.6) is 0 Å². The summed E-state index contributed by atoms with van der Waals surface area (Å²) in [5.41, 5.74) is 1.50. The number of carboxylic acids is 1. The van der Waals surface area contributed by atoms with Gasteiger partial charge in [0.1, 0.15) is 6.54 Å². The molecule has 1 rings (SSSR count). The van der Waals surface area contributed by atoms with E-state index in [0.717, 1.165) is 5.56 Å². The average Bonchev–Trinajstić information content (AvgIpc) is 2.33. The number of benzene rings is 1. The highest BCUT2D eigenvalue weighted by Gasteiger charge is 2.17. The van der Waals surface area contributed by atoms with Crippen LogP contribution in [0.4, 0.5) is 0 Å². The highest BCUT2D eigenvalue weighted by molar-refractivity contribution is 7.89. The summed E-state index contributed by atoms with van der Waals surface area (Å²) >= 11 is 0. The molecule has 0 unspecified atom stereocenters. The van der Waals surface area contributed by atoms with Crippen molar-refractivity contribution in [3.05, 3.63) is 29.3 Å². The lowest BCUT2D eigenvalue weighted by molar-refractivity contribution is -0.137. The number of aliphatic carboxylic acids is 1. The van der Waals surface area contributed by atoms with Gasteiger partial charge in [0, 0.05) is 0 Å². The molecule has 0 aliphatic heterocycles. The first kappa shape index (κ1) is 16.1. The van der Waals surface area contributed by atoms with Crippen LogP contribution in [-0.4, -0.2) is 38.5 Å². The SMILES string of the molecule is Cc1ccc(S(=O)(=O)NCC(=O)NCC(=O)O)c(C)c1. The Morgan fingerprint density at radius 2 is 1.85 bits per heavy atom. The summed E-state index contributed by atoms with van der Waals surface area (Å²) in [7, 11) is -3.80. The maximum Gasteiger partial charge on any atom is 0.322 e. The fourth-order valence-electron chi connectivity index (χ4n) is 1.58. The van der Waals surface area contributed by atoms with Gasteiger partial charge in [0.25, 0.3) is 0 Å². The molecule has 0 aliphatic carbocycles. The summed E-state index contributed by atoms with van der Waals surface area (Å²) in [5, 5.41) is 10.4. The minimum Gasteiger partial charge on any atom is -0.480 e. The summed E-state index contributed by atoms with van der Waals surface area (Å²) in [6.45, 7) is 2.44. The van der Waals surface area contributed by atoms with Gasteiger partial charge in [-0.2, -0.15) is 0 Å². The maximum absolute atomic E-state index is 12.0. The third-order valence-electron chi connectivity index (χ3n) is 2.48. The minimum atomic E-state index is -3.80. The smallest absolute Gasteiger partial charge is 0.322 e. The molecular weight excluding hydrogens is 284 g/mol. The van der Waals surface area contributed by atoms with E-state index in [1.54, 1.807) is 19.1 Å². The summed E-state index contributed by atoms with van der Waals surface area (Å²) in [6, 6.07) is 4.84. The molecule has 0 spiro atoms. The lowest BCUT2D eigenvalue weighted by Gasteiger charge is -2.09. The van der Waals surface area contributed by atoms with Crippen molar-refractivity contribution in [1.29, 1.82) is 0 Å². The molecule has 7 nitrogen and oxygen atoms in total. The topological polar surface area (TPSA) is 113 Å². The van der Waals surface area contributed by atoms with Crippen LogP contribution in [0.2, 0.25) is 0 Å². The number of rotatable bonds is 6. The van der Waals surface area contributed by atoms with Crippen molar-refractivity contribution >= 4 is 21.9 Å². The number of nitrogens with one attached hydrogen (secondary N) is 2. The Morgan fingerprint density at radius 1 is 1.20 bits per heavy atom. The van der Waals surface area contributed by atoms with Crippen molar-refractivity contribution in [2.45, 2.75) is 18.7 Å². The monoisotopic (exact) mass is 300 g/mol. The van der Waals surface area contributed by atoms with Crippen LogP contribution < -0.4 is 10.0 Å². The van der Waals surface area contributed by atoms with E-state index in [4.69, 9.17) is 5.11 Å². The van der Waals surface area contributed by atoms with E-state index in [2.05, 4.69) is 10.0 Å². The first-order valence-electron chi connectivity index (χ1n) is 5.78. The van der Waals surface area contributed by atoms with Gasteiger partial charge in [-0.1, -0.05) is 17.7 Å². The molecule has 0 atom stereocenters. The van der Waals surface area contributed by atoms with Gasteiger partial charge in [-0.25, -0.2) is 13.1 Å². The number of hydrogen-bond acceptors (Lipinski definition) is 4. The Kier molecular flexibility index (Phi) is 5.23. The molecule has 20 heavy (non-hydrogen) atoms. The van der Waals surface area contributed by atoms with Crippen LogP contribution in [-0.2, 0) is 19.6 Å². The first-order valence-corrected chi connectivity index (χ1v) is 7.26. The second-order valence-corrected chi connectivity index (χ2v) is 6.00. The van der Waals surface area contributed by atoms with Gasteiger partial charge < -0.3 is 10.4 Å². The Morgan fingerprint density at radius 3 is 2.40 bits per heavy atom. The molecule has 0 bridgehead atoms. The van der Waals surface area contributed by atoms with Gasteiger partial charge >= 0.3 is 5.97 Å². The normalized spacial score (nSPS) is 11.1. The zero-order chi connectivity index (χ0) is 15.3. The molecule has 8 heteroatoms. The van der Waals surface area contributed by atoms with Crippen LogP contribution in [0.1, 0.15) is 11.1 Å². The second kappa shape index (κ2) is 6.49. The molecule has 110 valence electrons. The number of amides is 1. The van der Waals surface area contributed by atoms with Crippen molar-refractivity contribution in [3.63, 3.8) is 0 Å². The van der Waals surface area contributed by atoms with Crippen LogP contribution in [0, 0.1) is 13.8 Å². The molecule has 1 amide bonds. The fourth-order valence-corrected chi connectivity index (χ4v) is 2.78. The lowest BCUT2D eigenvalue weighted by atomic mass is 10.2. The van der Waals surface area contributed by atoms with Crippen LogP contribution in [0.3, 0.4) is 0 Å². The van der Waals surface area contributed by atoms with Gasteiger partial charge in [0.15, 0.2) is 0 Å². The Labute approximate surface area is 117 Å². The number of carboxylic acid groups (broad SMARTS) is 1. The summed E-state index contributed by atoms with van der Waals surface area (Å²) in [6.07, 6.45) is 0. The fraction of sp³-hybridized carbons (Fsp3) is 0.333. The zero-order valence-electron chi connectivity index (χ0n) is 11.1. The number of aryl methyl sites for hydroxylation is 2. The van der Waals surface area contributed by atoms with Crippen molar-refractivity contribution in [2.75, 3.05) is 13.1 Å². The van der Waals surface area contributed by atoms with Gasteiger partial charge in [-0.3, -0.25) is 9.59 Å². The highest BCUT2D eigenvalue weighted by Crippen LogP contribution is 2.15. The van der Waals surface area contributed by atoms with E-state index in [1.165, 1.54) is 6.07 Å². The zero-order valence-corrected chi connectivity index (χ0v) is 12.0. The van der Waals surface area contributed by atoms with E-state index in [1.807, 2.05) is 6.92 Å². The number of carbonyl (C=O) groups is 2. The summed E-state index contributed by atoms with van der Waals surface area (Å²) in [5.74, 6) is -1.91. The van der Waals surface area contributed by atoms with Crippen LogP contribution in [0.15, 0.2) is 23.1 Å². The Balaban J connectivity index is 2.71. The predicted octanol–water partition coefficient (Wildman–Crippen LogP) is -0.217. The van der Waals surface area contributed by atoms with Crippen molar-refractivity contribution < 1.29 is 23.1 Å². The third kappa shape index (κ3) is 4.63. The lowest BCUT2D eigenvalue weighted by Crippen LogP contribution is -2.39. The molecular formula is C12H16N2O5S. The molecule has 0 fully saturated rings. The van der Waals surface area contributed by atoms with E-state index in [9.17, 15) is 18.0 Å². The molecule has 0 radical (unpaired) electrons. The molecule has 1 aromatic rings. The molecule has 0 saturated carbocycles. The molecule has 0 aromatic heterocycles. The second-order valence-electron chi connectivity index (χ2n) is 4.26. The van der Waals surface area contributed by atoms with E-state index < -0.39 is 35.0 Å². The van der Waals surface area contributed by atoms with Crippen LogP contribution in [0.25, 0.3) is 0 Å². The van der Waals surface area contributed by atoms with Gasteiger partial charge in [-0.15, -0.1) is 0 Å². The van der Waals surface area contributed by atoms with Crippen molar-refractivity contribution in [2.24, 2.45) is 0 Å². The maximum atomic E-state index is 12.0. The molecule has 0 aliphatic rings. The number of hydrogen-bond donors (Lipinski definition) is 3. The van der Waals surface area contributed by atoms with Crippen LogP contribution >= 0.6 is 0 Å². The highest BCUT2D eigenvalue weighted by atomic mass is 32.2. The van der Waals surface area contributed by atoms with E-state index >= 15 is 0 Å². The van der Waals surface area contributed by atoms with Gasteiger partial charge in [-0.05, 0) is 25.5 Å². The summed E-state index contributed by atoms with van der Waals surface area (Å²) < 4.78 is 26.1. The Hall–Kier alpha value is -1.93. The minimum absolute atomic E-state index is 0.0918. The van der Waals surface area contributed by atoms with E-state index in [0.29, 0.717) is 5.56 Å². The third-order valence-corrected chi connectivity index (χ3v) is 4.04. The van der Waals surface area contributed by atoms with Gasteiger partial charge in [0.2, 0.25) is 15.9 Å². The van der Waals surface area contributed by atoms with Crippen molar-refractivity contribution in [1.82, 2.24) is 10.0 Å². The number of sulfonamides is 1. The molecule has 3 N–H and O–H groups in total.